The van der Waals surface area contributed by atoms with Crippen molar-refractivity contribution in [3.05, 3.63) is 66.9 Å². The molecule has 0 radical (unpaired) electrons. The van der Waals surface area contributed by atoms with E-state index in [9.17, 15) is 14.4 Å². The summed E-state index contributed by atoms with van der Waals surface area (Å²) in [5.41, 5.74) is 2.92. The Balaban J connectivity index is 1.78. The second kappa shape index (κ2) is 10.0. The smallest absolute Gasteiger partial charge is 0.328 e. The third kappa shape index (κ3) is 5.39. The van der Waals surface area contributed by atoms with Crippen LogP contribution < -0.4 is 4.74 Å². The number of esters is 1. The van der Waals surface area contributed by atoms with Crippen molar-refractivity contribution in [1.82, 2.24) is 4.90 Å². The minimum absolute atomic E-state index is 0.230. The number of rotatable bonds is 6. The minimum atomic E-state index is -0.987. The van der Waals surface area contributed by atoms with Crippen molar-refractivity contribution in [2.45, 2.75) is 26.5 Å². The Kier molecular flexibility index (Phi) is 7.61. The molecule has 0 aliphatic carbocycles. The molecule has 6 nitrogen and oxygen atoms in total. The molecule has 2 aromatic carbocycles. The fraction of sp³-hybridized carbons (Fsp3) is 0.227. The predicted molar refractivity (Wildman–Crippen MR) is 127 cm³/mol. The number of hydrogen-bond donors (Lipinski definition) is 0. The summed E-state index contributed by atoms with van der Waals surface area (Å²) in [5.74, 6) is -0.547. The van der Waals surface area contributed by atoms with E-state index in [1.54, 1.807) is 18.2 Å². The van der Waals surface area contributed by atoms with Crippen LogP contribution in [0.5, 0.6) is 5.75 Å². The van der Waals surface area contributed by atoms with Gasteiger partial charge >= 0.3 is 5.97 Å². The van der Waals surface area contributed by atoms with Gasteiger partial charge in [0, 0.05) is 0 Å². The summed E-state index contributed by atoms with van der Waals surface area (Å²) in [6.45, 7) is 3.89. The monoisotopic (exact) mass is 567 g/mol. The van der Waals surface area contributed by atoms with E-state index in [2.05, 4.69) is 36.6 Å². The van der Waals surface area contributed by atoms with Gasteiger partial charge in [-0.3, -0.25) is 14.5 Å². The van der Waals surface area contributed by atoms with E-state index < -0.39 is 23.2 Å². The quantitative estimate of drug-likeness (QED) is 0.329. The number of nitrogens with zero attached hydrogens (tertiary/aromatic N) is 1. The van der Waals surface area contributed by atoms with Crippen molar-refractivity contribution in [3.8, 4) is 5.75 Å². The van der Waals surface area contributed by atoms with Gasteiger partial charge in [-0.15, -0.1) is 0 Å². The molecule has 31 heavy (non-hydrogen) atoms. The average molecular weight is 569 g/mol. The van der Waals surface area contributed by atoms with Crippen molar-refractivity contribution >= 4 is 66.8 Å². The normalized spacial score (nSPS) is 16.0. The van der Waals surface area contributed by atoms with E-state index in [1.165, 1.54) is 19.6 Å². The van der Waals surface area contributed by atoms with Crippen LogP contribution in [0.1, 0.15) is 23.6 Å². The number of carbonyl (C=O) groups excluding carboxylic acids is 3. The highest BCUT2D eigenvalue weighted by Gasteiger charge is 2.41. The van der Waals surface area contributed by atoms with Crippen LogP contribution in [0.15, 0.2) is 50.2 Å². The van der Waals surface area contributed by atoms with E-state index in [4.69, 9.17) is 4.74 Å². The molecule has 2 amide bonds. The Bertz CT molecular complexity index is 1050. The Morgan fingerprint density at radius 1 is 1.16 bits per heavy atom. The molecule has 162 valence electrons. The maximum absolute atomic E-state index is 12.7. The fourth-order valence-corrected chi connectivity index (χ4v) is 5.24. The zero-order valence-corrected chi connectivity index (χ0v) is 21.0. The first-order chi connectivity index (χ1) is 14.7. The van der Waals surface area contributed by atoms with Gasteiger partial charge in [-0.1, -0.05) is 29.8 Å². The topological polar surface area (TPSA) is 72.9 Å². The van der Waals surface area contributed by atoms with Gasteiger partial charge in [-0.05, 0) is 86.8 Å². The number of methoxy groups -OCH3 is 1. The number of carbonyl (C=O) groups is 3. The number of thioether (sulfide) groups is 1. The minimum Gasteiger partial charge on any atom is -0.487 e. The molecular weight excluding hydrogens is 550 g/mol. The summed E-state index contributed by atoms with van der Waals surface area (Å²) in [4.78, 5) is 37.8. The van der Waals surface area contributed by atoms with Gasteiger partial charge in [-0.25, -0.2) is 4.79 Å². The second-order valence-electron chi connectivity index (χ2n) is 6.84. The van der Waals surface area contributed by atoms with Crippen molar-refractivity contribution in [2.75, 3.05) is 7.11 Å². The number of ether oxygens (including phenoxy) is 2. The fourth-order valence-electron chi connectivity index (χ4n) is 2.88. The first-order valence-corrected chi connectivity index (χ1v) is 11.6. The third-order valence-electron chi connectivity index (χ3n) is 4.58. The highest BCUT2D eigenvalue weighted by atomic mass is 79.9. The van der Waals surface area contributed by atoms with E-state index in [0.717, 1.165) is 22.2 Å². The summed E-state index contributed by atoms with van der Waals surface area (Å²) in [7, 11) is 1.21. The lowest BCUT2D eigenvalue weighted by atomic mass is 10.1. The van der Waals surface area contributed by atoms with Crippen LogP contribution >= 0.6 is 43.6 Å². The van der Waals surface area contributed by atoms with Crippen LogP contribution in [0, 0.1) is 6.92 Å². The molecular formula is C22H19Br2NO5S. The van der Waals surface area contributed by atoms with Crippen molar-refractivity contribution in [2.24, 2.45) is 0 Å². The highest BCUT2D eigenvalue weighted by molar-refractivity contribution is 9.11. The second-order valence-corrected chi connectivity index (χ2v) is 9.54. The molecule has 9 heteroatoms. The van der Waals surface area contributed by atoms with Crippen LogP contribution in [0.4, 0.5) is 4.79 Å². The van der Waals surface area contributed by atoms with Crippen LogP contribution in [0.25, 0.3) is 6.08 Å². The standard InChI is InChI=1S/C22H19Br2NO5S/c1-12-4-6-14(7-5-12)11-30-19-16(23)8-15(9-17(19)24)10-18-20(26)25(22(28)31-18)13(2)21(27)29-3/h4-10,13H,11H2,1-3H3/b18-10+/t13-/m1/s1. The molecule has 1 fully saturated rings. The van der Waals surface area contributed by atoms with Crippen molar-refractivity contribution in [3.63, 3.8) is 0 Å². The molecule has 1 aliphatic rings. The van der Waals surface area contributed by atoms with Crippen molar-refractivity contribution in [1.29, 1.82) is 0 Å². The third-order valence-corrected chi connectivity index (χ3v) is 6.64. The molecule has 1 aliphatic heterocycles. The van der Waals surface area contributed by atoms with Gasteiger partial charge in [0.2, 0.25) is 0 Å². The molecule has 0 unspecified atom stereocenters. The first-order valence-electron chi connectivity index (χ1n) is 9.23. The summed E-state index contributed by atoms with van der Waals surface area (Å²) >= 11 is 7.80. The zero-order valence-electron chi connectivity index (χ0n) is 17.0. The molecule has 1 atom stereocenters. The lowest BCUT2D eigenvalue weighted by molar-refractivity contribution is -0.148. The summed E-state index contributed by atoms with van der Waals surface area (Å²) in [6, 6.07) is 10.7. The Morgan fingerprint density at radius 2 is 1.77 bits per heavy atom. The van der Waals surface area contributed by atoms with Gasteiger partial charge in [0.25, 0.3) is 11.1 Å². The Hall–Kier alpha value is -2.10. The van der Waals surface area contributed by atoms with Crippen LogP contribution in [0.2, 0.25) is 0 Å². The first kappa shape index (κ1) is 23.6. The number of amides is 2. The van der Waals surface area contributed by atoms with E-state index in [0.29, 0.717) is 26.9 Å². The average Bonchev–Trinajstić information content (AvgIpc) is 3.00. The van der Waals surface area contributed by atoms with Gasteiger partial charge in [0.05, 0.1) is 21.0 Å². The Labute approximate surface area is 201 Å². The number of imide groups is 1. The number of benzene rings is 2. The number of hydrogen-bond acceptors (Lipinski definition) is 6. The molecule has 0 aromatic heterocycles. The molecule has 3 rings (SSSR count). The molecule has 2 aromatic rings. The summed E-state index contributed by atoms with van der Waals surface area (Å²) in [5, 5.41) is -0.509. The summed E-state index contributed by atoms with van der Waals surface area (Å²) in [6.07, 6.45) is 1.61. The number of aryl methyl sites for hydroxylation is 1. The van der Waals surface area contributed by atoms with Gasteiger partial charge < -0.3 is 9.47 Å². The SMILES string of the molecule is COC(=O)[C@@H](C)N1C(=O)S/C(=C/c2cc(Br)c(OCc3ccc(C)cc3)c(Br)c2)C1=O. The summed E-state index contributed by atoms with van der Waals surface area (Å²) < 4.78 is 12.0. The molecule has 1 saturated heterocycles. The maximum Gasteiger partial charge on any atom is 0.328 e. The zero-order chi connectivity index (χ0) is 22.7. The molecule has 0 saturated carbocycles. The lowest BCUT2D eigenvalue weighted by Crippen LogP contribution is -2.42. The van der Waals surface area contributed by atoms with Gasteiger partial charge in [0.1, 0.15) is 18.4 Å². The molecule has 0 spiro atoms. The van der Waals surface area contributed by atoms with E-state index in [1.807, 2.05) is 31.2 Å². The van der Waals surface area contributed by atoms with Gasteiger partial charge in [0.15, 0.2) is 0 Å². The van der Waals surface area contributed by atoms with Gasteiger partial charge in [-0.2, -0.15) is 0 Å². The lowest BCUT2D eigenvalue weighted by Gasteiger charge is -2.18. The molecule has 0 N–H and O–H groups in total. The predicted octanol–water partition coefficient (Wildman–Crippen LogP) is 5.70. The van der Waals surface area contributed by atoms with Crippen LogP contribution in [0.3, 0.4) is 0 Å². The maximum atomic E-state index is 12.7. The van der Waals surface area contributed by atoms with E-state index in [-0.39, 0.29) is 4.91 Å². The molecule has 1 heterocycles. The largest absolute Gasteiger partial charge is 0.487 e. The number of halogens is 2. The van der Waals surface area contributed by atoms with Crippen molar-refractivity contribution < 1.29 is 23.9 Å². The van der Waals surface area contributed by atoms with E-state index >= 15 is 0 Å². The molecule has 0 bridgehead atoms. The van der Waals surface area contributed by atoms with Crippen LogP contribution in [-0.2, 0) is 20.9 Å². The Morgan fingerprint density at radius 3 is 2.35 bits per heavy atom. The highest BCUT2D eigenvalue weighted by Crippen LogP contribution is 2.38. The van der Waals surface area contributed by atoms with Crippen LogP contribution in [-0.4, -0.2) is 35.2 Å².